The van der Waals surface area contributed by atoms with Crippen LogP contribution in [0.4, 0.5) is 0 Å². The molecular weight excluding hydrogens is 220 g/mol. The number of carbonyl (C=O) groups is 1. The smallest absolute Gasteiger partial charge is 0.174 e. The average molecular weight is 230 g/mol. The summed E-state index contributed by atoms with van der Waals surface area (Å²) in [4.78, 5) is 21.1. The van der Waals surface area contributed by atoms with Gasteiger partial charge in [-0.2, -0.15) is 0 Å². The van der Waals surface area contributed by atoms with Crippen LogP contribution in [0.5, 0.6) is 0 Å². The molecule has 0 amide bonds. The monoisotopic (exact) mass is 230 g/mol. The standard InChI is InChI=1S/C12H10N2OS/c15-10-3-1-2-9-11(10)16-12(14-9)8-4-6-13-7-5-8/h4-7H,1-3H2. The number of aryl methyl sites for hydroxylation is 1. The highest BCUT2D eigenvalue weighted by atomic mass is 32.1. The first-order valence-electron chi connectivity index (χ1n) is 5.28. The van der Waals surface area contributed by atoms with Crippen molar-refractivity contribution in [2.75, 3.05) is 0 Å². The fraction of sp³-hybridized carbons (Fsp3) is 0.250. The van der Waals surface area contributed by atoms with Crippen LogP contribution in [0.1, 0.15) is 28.2 Å². The SMILES string of the molecule is O=C1CCCc2nc(-c3ccncc3)sc21. The molecule has 0 atom stereocenters. The van der Waals surface area contributed by atoms with Crippen LogP contribution in [0.3, 0.4) is 0 Å². The first kappa shape index (κ1) is 9.66. The van der Waals surface area contributed by atoms with Gasteiger partial charge in [-0.3, -0.25) is 9.78 Å². The summed E-state index contributed by atoms with van der Waals surface area (Å²) in [6.45, 7) is 0. The highest BCUT2D eigenvalue weighted by Gasteiger charge is 2.22. The van der Waals surface area contributed by atoms with Gasteiger partial charge < -0.3 is 0 Å². The Hall–Kier alpha value is -1.55. The molecule has 4 heteroatoms. The molecule has 0 N–H and O–H groups in total. The molecule has 0 saturated heterocycles. The van der Waals surface area contributed by atoms with E-state index in [-0.39, 0.29) is 5.78 Å². The maximum atomic E-state index is 11.7. The van der Waals surface area contributed by atoms with Crippen molar-refractivity contribution < 1.29 is 4.79 Å². The molecule has 1 aliphatic carbocycles. The van der Waals surface area contributed by atoms with Crippen LogP contribution < -0.4 is 0 Å². The number of nitrogens with zero attached hydrogens (tertiary/aromatic N) is 2. The topological polar surface area (TPSA) is 42.9 Å². The van der Waals surface area contributed by atoms with Gasteiger partial charge in [0.1, 0.15) is 5.01 Å². The molecule has 0 spiro atoms. The Balaban J connectivity index is 2.08. The number of rotatable bonds is 1. The van der Waals surface area contributed by atoms with Gasteiger partial charge in [-0.15, -0.1) is 11.3 Å². The Labute approximate surface area is 97.2 Å². The van der Waals surface area contributed by atoms with Crippen molar-refractivity contribution >= 4 is 17.1 Å². The second-order valence-electron chi connectivity index (χ2n) is 3.81. The normalized spacial score (nSPS) is 14.9. The first-order valence-corrected chi connectivity index (χ1v) is 6.09. The Kier molecular flexibility index (Phi) is 2.29. The second kappa shape index (κ2) is 3.79. The summed E-state index contributed by atoms with van der Waals surface area (Å²) in [5, 5.41) is 0.933. The van der Waals surface area contributed by atoms with E-state index >= 15 is 0 Å². The van der Waals surface area contributed by atoms with E-state index in [0.717, 1.165) is 34.0 Å². The highest BCUT2D eigenvalue weighted by molar-refractivity contribution is 7.17. The minimum Gasteiger partial charge on any atom is -0.293 e. The highest BCUT2D eigenvalue weighted by Crippen LogP contribution is 2.32. The lowest BCUT2D eigenvalue weighted by molar-refractivity contribution is 0.0976. The van der Waals surface area contributed by atoms with Gasteiger partial charge >= 0.3 is 0 Å². The van der Waals surface area contributed by atoms with Crippen molar-refractivity contribution in [2.45, 2.75) is 19.3 Å². The van der Waals surface area contributed by atoms with Crippen LogP contribution in [0.15, 0.2) is 24.5 Å². The molecule has 1 aliphatic rings. The van der Waals surface area contributed by atoms with E-state index in [9.17, 15) is 4.79 Å². The van der Waals surface area contributed by atoms with Crippen LogP contribution >= 0.6 is 11.3 Å². The van der Waals surface area contributed by atoms with Crippen LogP contribution in [0.25, 0.3) is 10.6 Å². The molecule has 0 unspecified atom stereocenters. The molecule has 3 nitrogen and oxygen atoms in total. The van der Waals surface area contributed by atoms with Gasteiger partial charge in [-0.25, -0.2) is 4.98 Å². The Morgan fingerprint density at radius 3 is 2.75 bits per heavy atom. The van der Waals surface area contributed by atoms with E-state index in [0.29, 0.717) is 6.42 Å². The first-order chi connectivity index (χ1) is 7.84. The molecule has 2 aromatic heterocycles. The number of aromatic nitrogens is 2. The van der Waals surface area contributed by atoms with Gasteiger partial charge in [0.25, 0.3) is 0 Å². The molecule has 16 heavy (non-hydrogen) atoms. The van der Waals surface area contributed by atoms with E-state index in [2.05, 4.69) is 9.97 Å². The van der Waals surface area contributed by atoms with Crippen LogP contribution in [0.2, 0.25) is 0 Å². The number of thiazole rings is 1. The average Bonchev–Trinajstić information content (AvgIpc) is 2.76. The molecular formula is C12H10N2OS. The quantitative estimate of drug-likeness (QED) is 0.756. The number of Topliss-reactive ketones (excluding diaryl/α,β-unsaturated/α-hetero) is 1. The lowest BCUT2D eigenvalue weighted by atomic mass is 10.0. The molecule has 0 bridgehead atoms. The zero-order valence-electron chi connectivity index (χ0n) is 8.64. The molecule has 2 aromatic rings. The minimum atomic E-state index is 0.249. The maximum Gasteiger partial charge on any atom is 0.174 e. The molecule has 2 heterocycles. The molecule has 0 aliphatic heterocycles. The van der Waals surface area contributed by atoms with Crippen LogP contribution in [0, 0.1) is 0 Å². The Morgan fingerprint density at radius 1 is 1.19 bits per heavy atom. The fourth-order valence-corrected chi connectivity index (χ4v) is 2.97. The summed E-state index contributed by atoms with van der Waals surface area (Å²) >= 11 is 1.51. The number of hydrogen-bond acceptors (Lipinski definition) is 4. The van der Waals surface area contributed by atoms with Crippen molar-refractivity contribution in [3.8, 4) is 10.6 Å². The van der Waals surface area contributed by atoms with E-state index in [1.807, 2.05) is 12.1 Å². The molecule has 0 aromatic carbocycles. The summed E-state index contributed by atoms with van der Waals surface area (Å²) < 4.78 is 0. The van der Waals surface area contributed by atoms with Crippen molar-refractivity contribution in [1.82, 2.24) is 9.97 Å². The summed E-state index contributed by atoms with van der Waals surface area (Å²) in [5.41, 5.74) is 2.02. The third kappa shape index (κ3) is 1.55. The largest absolute Gasteiger partial charge is 0.293 e. The molecule has 0 fully saturated rings. The van der Waals surface area contributed by atoms with E-state index in [1.54, 1.807) is 12.4 Å². The number of pyridine rings is 1. The van der Waals surface area contributed by atoms with Crippen molar-refractivity contribution in [3.05, 3.63) is 35.1 Å². The van der Waals surface area contributed by atoms with E-state index in [4.69, 9.17) is 0 Å². The van der Waals surface area contributed by atoms with Crippen molar-refractivity contribution in [3.63, 3.8) is 0 Å². The lowest BCUT2D eigenvalue weighted by Gasteiger charge is -2.06. The van der Waals surface area contributed by atoms with E-state index < -0.39 is 0 Å². The number of hydrogen-bond donors (Lipinski definition) is 0. The Morgan fingerprint density at radius 2 is 2.00 bits per heavy atom. The summed E-state index contributed by atoms with van der Waals surface area (Å²) in [6.07, 6.45) is 6.04. The van der Waals surface area contributed by atoms with Crippen LogP contribution in [-0.4, -0.2) is 15.8 Å². The summed E-state index contributed by atoms with van der Waals surface area (Å²) in [6, 6.07) is 3.85. The lowest BCUT2D eigenvalue weighted by Crippen LogP contribution is -2.07. The zero-order chi connectivity index (χ0) is 11.0. The molecule has 0 saturated carbocycles. The summed E-state index contributed by atoms with van der Waals surface area (Å²) in [5.74, 6) is 0.249. The third-order valence-electron chi connectivity index (χ3n) is 2.70. The van der Waals surface area contributed by atoms with Crippen molar-refractivity contribution in [1.29, 1.82) is 0 Å². The second-order valence-corrected chi connectivity index (χ2v) is 4.81. The Bertz CT molecular complexity index is 533. The zero-order valence-corrected chi connectivity index (χ0v) is 9.46. The van der Waals surface area contributed by atoms with Crippen LogP contribution in [-0.2, 0) is 6.42 Å². The van der Waals surface area contributed by atoms with Gasteiger partial charge in [0.15, 0.2) is 5.78 Å². The maximum absolute atomic E-state index is 11.7. The molecule has 0 radical (unpaired) electrons. The van der Waals surface area contributed by atoms with Gasteiger partial charge in [0.05, 0.1) is 10.6 Å². The summed E-state index contributed by atoms with van der Waals surface area (Å²) in [7, 11) is 0. The number of fused-ring (bicyclic) bond motifs is 1. The van der Waals surface area contributed by atoms with Gasteiger partial charge in [0, 0.05) is 24.4 Å². The third-order valence-corrected chi connectivity index (χ3v) is 3.88. The minimum absolute atomic E-state index is 0.249. The number of carbonyl (C=O) groups excluding carboxylic acids is 1. The van der Waals surface area contributed by atoms with Gasteiger partial charge in [-0.05, 0) is 25.0 Å². The number of ketones is 1. The van der Waals surface area contributed by atoms with Gasteiger partial charge in [-0.1, -0.05) is 0 Å². The molecule has 80 valence electrons. The van der Waals surface area contributed by atoms with Crippen molar-refractivity contribution in [2.24, 2.45) is 0 Å². The predicted octanol–water partition coefficient (Wildman–Crippen LogP) is 2.72. The van der Waals surface area contributed by atoms with E-state index in [1.165, 1.54) is 11.3 Å². The fourth-order valence-electron chi connectivity index (χ4n) is 1.89. The predicted molar refractivity (Wildman–Crippen MR) is 62.6 cm³/mol. The van der Waals surface area contributed by atoms with Gasteiger partial charge in [0.2, 0.25) is 0 Å². The molecule has 3 rings (SSSR count).